The Kier molecular flexibility index (Phi) is 6.17. The average molecular weight is 462 g/mol. The van der Waals surface area contributed by atoms with E-state index in [-0.39, 0.29) is 36.6 Å². The van der Waals surface area contributed by atoms with Crippen LogP contribution in [0.15, 0.2) is 60.0 Å². The largest absolute Gasteiger partial charge is 0.337 e. The second-order valence-electron chi connectivity index (χ2n) is 8.64. The number of aromatic nitrogens is 1. The van der Waals surface area contributed by atoms with Gasteiger partial charge in [-0.25, -0.2) is 4.98 Å². The number of amides is 3. The molecule has 2 aromatic carbocycles. The molecule has 2 heterocycles. The monoisotopic (exact) mass is 461 g/mol. The number of rotatable bonds is 6. The molecule has 0 N–H and O–H groups in total. The third kappa shape index (κ3) is 4.20. The molecule has 2 atom stereocenters. The van der Waals surface area contributed by atoms with Gasteiger partial charge in [0.2, 0.25) is 17.7 Å². The molecule has 0 spiro atoms. The summed E-state index contributed by atoms with van der Waals surface area (Å²) in [5, 5.41) is 2.80. The molecular formula is C26H27N3O3S. The Morgan fingerprint density at radius 1 is 1.12 bits per heavy atom. The molecule has 3 amide bonds. The number of hydrogen-bond acceptors (Lipinski definition) is 5. The highest BCUT2D eigenvalue weighted by Gasteiger charge is 2.53. The molecule has 1 fully saturated rings. The van der Waals surface area contributed by atoms with Crippen LogP contribution in [-0.2, 0) is 19.8 Å². The van der Waals surface area contributed by atoms with Crippen molar-refractivity contribution in [1.29, 1.82) is 0 Å². The lowest BCUT2D eigenvalue weighted by atomic mass is 9.75. The van der Waals surface area contributed by atoms with Gasteiger partial charge in [0.25, 0.3) is 0 Å². The molecule has 1 aromatic heterocycles. The van der Waals surface area contributed by atoms with E-state index in [1.807, 2.05) is 73.8 Å². The van der Waals surface area contributed by atoms with Gasteiger partial charge in [0.1, 0.15) is 5.01 Å². The number of hydrogen-bond donors (Lipinski definition) is 0. The average Bonchev–Trinajstić information content (AvgIpc) is 3.36. The summed E-state index contributed by atoms with van der Waals surface area (Å²) in [6.45, 7) is 3.84. The van der Waals surface area contributed by atoms with E-state index in [9.17, 15) is 14.4 Å². The number of likely N-dealkylation sites (N-methyl/N-ethyl adjacent to an activating group) is 1. The fourth-order valence-corrected chi connectivity index (χ4v) is 5.19. The van der Waals surface area contributed by atoms with E-state index in [1.165, 1.54) is 18.4 Å². The maximum Gasteiger partial charge on any atom is 0.240 e. The van der Waals surface area contributed by atoms with Crippen molar-refractivity contribution in [2.24, 2.45) is 0 Å². The molecule has 4 rings (SSSR count). The third-order valence-corrected chi connectivity index (χ3v) is 7.64. The van der Waals surface area contributed by atoms with Crippen LogP contribution in [0.3, 0.4) is 0 Å². The van der Waals surface area contributed by atoms with Crippen LogP contribution in [0.1, 0.15) is 42.1 Å². The SMILES string of the molecule is Cc1csc([C@@H](C)N(C)C(=O)C[C@@]2(c3ccc(-c4ccccc4)cc3)CC(=O)N(C)C2=O)n1. The first-order valence-corrected chi connectivity index (χ1v) is 11.8. The summed E-state index contributed by atoms with van der Waals surface area (Å²) < 4.78 is 0. The first-order chi connectivity index (χ1) is 15.7. The second-order valence-corrected chi connectivity index (χ2v) is 9.53. The summed E-state index contributed by atoms with van der Waals surface area (Å²) in [5.41, 5.74) is 2.47. The molecule has 0 unspecified atom stereocenters. The van der Waals surface area contributed by atoms with Crippen molar-refractivity contribution in [3.8, 4) is 11.1 Å². The van der Waals surface area contributed by atoms with Gasteiger partial charge in [-0.05, 0) is 30.5 Å². The summed E-state index contributed by atoms with van der Waals surface area (Å²) >= 11 is 1.51. The van der Waals surface area contributed by atoms with Gasteiger partial charge in [-0.3, -0.25) is 19.3 Å². The summed E-state index contributed by atoms with van der Waals surface area (Å²) in [7, 11) is 3.21. The van der Waals surface area contributed by atoms with E-state index in [0.717, 1.165) is 26.7 Å². The van der Waals surface area contributed by atoms with Crippen molar-refractivity contribution >= 4 is 29.1 Å². The van der Waals surface area contributed by atoms with Gasteiger partial charge >= 0.3 is 0 Å². The molecule has 0 bridgehead atoms. The molecule has 33 heavy (non-hydrogen) atoms. The number of carbonyl (C=O) groups excluding carboxylic acids is 3. The molecule has 0 radical (unpaired) electrons. The minimum Gasteiger partial charge on any atom is -0.337 e. The second kappa shape index (κ2) is 8.90. The molecule has 0 saturated carbocycles. The highest BCUT2D eigenvalue weighted by molar-refractivity contribution is 7.09. The van der Waals surface area contributed by atoms with Gasteiger partial charge < -0.3 is 4.90 Å². The van der Waals surface area contributed by atoms with Crippen molar-refractivity contribution in [3.63, 3.8) is 0 Å². The fourth-order valence-electron chi connectivity index (χ4n) is 4.29. The van der Waals surface area contributed by atoms with Gasteiger partial charge in [0, 0.05) is 38.0 Å². The molecule has 7 heteroatoms. The van der Waals surface area contributed by atoms with Gasteiger partial charge in [-0.1, -0.05) is 54.6 Å². The molecule has 1 aliphatic heterocycles. The van der Waals surface area contributed by atoms with Crippen LogP contribution in [0.4, 0.5) is 0 Å². The van der Waals surface area contributed by atoms with Crippen molar-refractivity contribution in [1.82, 2.24) is 14.8 Å². The Bertz CT molecular complexity index is 1190. The Labute approximate surface area is 197 Å². The van der Waals surface area contributed by atoms with Crippen LogP contribution >= 0.6 is 11.3 Å². The van der Waals surface area contributed by atoms with E-state index in [2.05, 4.69) is 4.98 Å². The van der Waals surface area contributed by atoms with Gasteiger partial charge in [0.05, 0.1) is 11.5 Å². The van der Waals surface area contributed by atoms with E-state index < -0.39 is 5.41 Å². The number of imide groups is 1. The highest BCUT2D eigenvalue weighted by Crippen LogP contribution is 2.41. The first kappa shape index (κ1) is 22.9. The number of thiazole rings is 1. The predicted molar refractivity (Wildman–Crippen MR) is 129 cm³/mol. The minimum absolute atomic E-state index is 0.0165. The van der Waals surface area contributed by atoms with E-state index >= 15 is 0 Å². The summed E-state index contributed by atoms with van der Waals surface area (Å²) in [6.07, 6.45) is -0.0882. The van der Waals surface area contributed by atoms with Crippen LogP contribution in [0.25, 0.3) is 11.1 Å². The van der Waals surface area contributed by atoms with Crippen molar-refractivity contribution in [2.45, 2.75) is 38.1 Å². The molecule has 6 nitrogen and oxygen atoms in total. The lowest BCUT2D eigenvalue weighted by molar-refractivity contribution is -0.141. The molecule has 3 aromatic rings. The standard InChI is InChI=1S/C26H27N3O3S/c1-17-16-33-24(27-17)18(2)28(3)22(30)14-26(15-23(31)29(4)25(26)32)21-12-10-20(11-13-21)19-8-6-5-7-9-19/h5-13,16,18H,14-15H2,1-4H3/t18-,26+/m1/s1. The molecular weight excluding hydrogens is 434 g/mol. The van der Waals surface area contributed by atoms with Gasteiger partial charge in [0.15, 0.2) is 0 Å². The zero-order chi connectivity index (χ0) is 23.8. The zero-order valence-electron chi connectivity index (χ0n) is 19.2. The van der Waals surface area contributed by atoms with Gasteiger partial charge in [-0.2, -0.15) is 0 Å². The number of nitrogens with zero attached hydrogens (tertiary/aromatic N) is 3. The van der Waals surface area contributed by atoms with E-state index in [0.29, 0.717) is 5.56 Å². The quantitative estimate of drug-likeness (QED) is 0.512. The molecule has 0 aliphatic carbocycles. The van der Waals surface area contributed by atoms with E-state index in [1.54, 1.807) is 11.9 Å². The summed E-state index contributed by atoms with van der Waals surface area (Å²) in [6, 6.07) is 17.3. The maximum absolute atomic E-state index is 13.4. The molecule has 1 saturated heterocycles. The molecule has 1 aliphatic rings. The summed E-state index contributed by atoms with van der Waals surface area (Å²) in [4.78, 5) is 46.5. The lowest BCUT2D eigenvalue weighted by Gasteiger charge is -2.30. The number of benzene rings is 2. The van der Waals surface area contributed by atoms with Crippen LogP contribution in [0.2, 0.25) is 0 Å². The Hall–Kier alpha value is -3.32. The zero-order valence-corrected chi connectivity index (χ0v) is 20.1. The Morgan fingerprint density at radius 3 is 2.30 bits per heavy atom. The van der Waals surface area contributed by atoms with Crippen LogP contribution in [0, 0.1) is 6.92 Å². The smallest absolute Gasteiger partial charge is 0.240 e. The third-order valence-electron chi connectivity index (χ3n) is 6.51. The van der Waals surface area contributed by atoms with Gasteiger partial charge in [-0.15, -0.1) is 11.3 Å². The normalized spacial score (nSPS) is 19.1. The topological polar surface area (TPSA) is 70.6 Å². The van der Waals surface area contributed by atoms with Crippen molar-refractivity contribution in [2.75, 3.05) is 14.1 Å². The van der Waals surface area contributed by atoms with Crippen molar-refractivity contribution in [3.05, 3.63) is 76.2 Å². The number of aryl methyl sites for hydroxylation is 1. The van der Waals surface area contributed by atoms with Crippen molar-refractivity contribution < 1.29 is 14.4 Å². The number of carbonyl (C=O) groups is 3. The maximum atomic E-state index is 13.4. The minimum atomic E-state index is -1.20. The number of likely N-dealkylation sites (tertiary alicyclic amines) is 1. The van der Waals surface area contributed by atoms with Crippen LogP contribution in [0.5, 0.6) is 0 Å². The van der Waals surface area contributed by atoms with Crippen LogP contribution in [-0.4, -0.2) is 46.6 Å². The lowest BCUT2D eigenvalue weighted by Crippen LogP contribution is -2.42. The highest BCUT2D eigenvalue weighted by atomic mass is 32.1. The Morgan fingerprint density at radius 2 is 1.76 bits per heavy atom. The Balaban J connectivity index is 1.65. The fraction of sp³-hybridized carbons (Fsp3) is 0.308. The molecule has 170 valence electrons. The first-order valence-electron chi connectivity index (χ1n) is 10.9. The predicted octanol–water partition coefficient (Wildman–Crippen LogP) is 4.35. The summed E-state index contributed by atoms with van der Waals surface area (Å²) in [5.74, 6) is -0.801. The van der Waals surface area contributed by atoms with E-state index in [4.69, 9.17) is 0 Å². The van der Waals surface area contributed by atoms with Crippen LogP contribution < -0.4 is 0 Å².